The summed E-state index contributed by atoms with van der Waals surface area (Å²) in [7, 11) is -3.06. The molecule has 1 aliphatic rings. The molecule has 0 amide bonds. The zero-order valence-electron chi connectivity index (χ0n) is 11.9. The van der Waals surface area contributed by atoms with Crippen molar-refractivity contribution >= 4 is 27.3 Å². The molecule has 0 aliphatic carbocycles. The van der Waals surface area contributed by atoms with Gasteiger partial charge in [-0.2, -0.15) is 4.98 Å². The van der Waals surface area contributed by atoms with Crippen LogP contribution in [0.2, 0.25) is 0 Å². The van der Waals surface area contributed by atoms with Crippen LogP contribution in [0.3, 0.4) is 0 Å². The molecule has 0 saturated carbocycles. The molecule has 0 radical (unpaired) electrons. The van der Waals surface area contributed by atoms with Crippen molar-refractivity contribution in [1.82, 2.24) is 9.97 Å². The molecule has 1 fully saturated rings. The highest BCUT2D eigenvalue weighted by atomic mass is 32.2. The molecule has 9 nitrogen and oxygen atoms in total. The highest BCUT2D eigenvalue weighted by Gasteiger charge is 2.30. The molecule has 0 aromatic carbocycles. The molecule has 1 N–H and O–H groups in total. The maximum atomic E-state index is 11.5. The zero-order valence-corrected chi connectivity index (χ0v) is 12.7. The summed E-state index contributed by atoms with van der Waals surface area (Å²) >= 11 is 0. The molecule has 0 bridgehead atoms. The predicted molar refractivity (Wildman–Crippen MR) is 78.5 cm³/mol. The molecule has 1 aromatic heterocycles. The SMILES string of the molecule is CCNc1nc(C)c([N+](=O)[O-])c(N2CCS(=O)(=O)CC2)n1. The van der Waals surface area contributed by atoms with Gasteiger partial charge in [0.15, 0.2) is 9.84 Å². The van der Waals surface area contributed by atoms with Crippen molar-refractivity contribution in [2.24, 2.45) is 0 Å². The van der Waals surface area contributed by atoms with Crippen LogP contribution in [0.15, 0.2) is 0 Å². The molecule has 2 heterocycles. The summed E-state index contributed by atoms with van der Waals surface area (Å²) in [6.07, 6.45) is 0. The van der Waals surface area contributed by atoms with E-state index in [9.17, 15) is 18.5 Å². The van der Waals surface area contributed by atoms with E-state index < -0.39 is 14.8 Å². The molecular weight excluding hydrogens is 298 g/mol. The Kier molecular flexibility index (Phi) is 4.26. The lowest BCUT2D eigenvalue weighted by molar-refractivity contribution is -0.385. The third-order valence-corrected chi connectivity index (χ3v) is 4.81. The number of nitrogens with one attached hydrogen (secondary N) is 1. The first kappa shape index (κ1) is 15.4. The fourth-order valence-corrected chi connectivity index (χ4v) is 3.35. The van der Waals surface area contributed by atoms with Crippen LogP contribution >= 0.6 is 0 Å². The average Bonchev–Trinajstić information content (AvgIpc) is 2.37. The first-order valence-electron chi connectivity index (χ1n) is 6.56. The van der Waals surface area contributed by atoms with Gasteiger partial charge in [0.25, 0.3) is 0 Å². The fourth-order valence-electron chi connectivity index (χ4n) is 2.15. The third-order valence-electron chi connectivity index (χ3n) is 3.20. The quantitative estimate of drug-likeness (QED) is 0.625. The van der Waals surface area contributed by atoms with Crippen molar-refractivity contribution < 1.29 is 13.3 Å². The second-order valence-electron chi connectivity index (χ2n) is 4.73. The van der Waals surface area contributed by atoms with Gasteiger partial charge in [-0.3, -0.25) is 10.1 Å². The number of sulfone groups is 1. The molecule has 0 unspecified atom stereocenters. The molecule has 116 valence electrons. The maximum Gasteiger partial charge on any atom is 0.332 e. The van der Waals surface area contributed by atoms with Crippen LogP contribution in [0.4, 0.5) is 17.5 Å². The van der Waals surface area contributed by atoms with Crippen LogP contribution in [0.25, 0.3) is 0 Å². The Morgan fingerprint density at radius 3 is 2.48 bits per heavy atom. The van der Waals surface area contributed by atoms with Crippen LogP contribution in [-0.2, 0) is 9.84 Å². The van der Waals surface area contributed by atoms with Crippen LogP contribution in [-0.4, -0.2) is 54.4 Å². The van der Waals surface area contributed by atoms with Gasteiger partial charge in [-0.15, -0.1) is 0 Å². The summed E-state index contributed by atoms with van der Waals surface area (Å²) in [4.78, 5) is 20.6. The van der Waals surface area contributed by atoms with Crippen molar-refractivity contribution in [3.8, 4) is 0 Å². The van der Waals surface area contributed by atoms with E-state index in [-0.39, 0.29) is 41.8 Å². The minimum Gasteiger partial charge on any atom is -0.354 e. The Bertz CT molecular complexity index is 647. The highest BCUT2D eigenvalue weighted by Crippen LogP contribution is 2.30. The van der Waals surface area contributed by atoms with Gasteiger partial charge in [-0.1, -0.05) is 0 Å². The van der Waals surface area contributed by atoms with Crippen LogP contribution < -0.4 is 10.2 Å². The molecule has 1 aliphatic heterocycles. The Morgan fingerprint density at radius 2 is 1.95 bits per heavy atom. The van der Waals surface area contributed by atoms with Gasteiger partial charge in [0, 0.05) is 19.6 Å². The minimum absolute atomic E-state index is 0.0241. The van der Waals surface area contributed by atoms with E-state index in [0.717, 1.165) is 0 Å². The maximum absolute atomic E-state index is 11.5. The van der Waals surface area contributed by atoms with E-state index >= 15 is 0 Å². The van der Waals surface area contributed by atoms with Gasteiger partial charge in [0.1, 0.15) is 5.69 Å². The van der Waals surface area contributed by atoms with Gasteiger partial charge in [-0.05, 0) is 13.8 Å². The van der Waals surface area contributed by atoms with Crippen LogP contribution in [0, 0.1) is 17.0 Å². The number of aryl methyl sites for hydroxylation is 1. The van der Waals surface area contributed by atoms with Crippen LogP contribution in [0.5, 0.6) is 0 Å². The molecule has 1 aromatic rings. The number of hydrogen-bond acceptors (Lipinski definition) is 8. The first-order chi connectivity index (χ1) is 9.84. The first-order valence-corrected chi connectivity index (χ1v) is 8.38. The van der Waals surface area contributed by atoms with Gasteiger partial charge >= 0.3 is 5.69 Å². The van der Waals surface area contributed by atoms with E-state index in [1.807, 2.05) is 6.92 Å². The Hall–Kier alpha value is -1.97. The highest BCUT2D eigenvalue weighted by molar-refractivity contribution is 7.91. The topological polar surface area (TPSA) is 118 Å². The Balaban J connectivity index is 2.42. The molecule has 1 saturated heterocycles. The predicted octanol–water partition coefficient (Wildman–Crippen LogP) is 0.360. The Morgan fingerprint density at radius 1 is 1.33 bits per heavy atom. The largest absolute Gasteiger partial charge is 0.354 e. The second-order valence-corrected chi connectivity index (χ2v) is 7.03. The molecule has 2 rings (SSSR count). The van der Waals surface area contributed by atoms with Crippen molar-refractivity contribution in [3.05, 3.63) is 15.8 Å². The van der Waals surface area contributed by atoms with Gasteiger partial charge < -0.3 is 10.2 Å². The lowest BCUT2D eigenvalue weighted by Crippen LogP contribution is -2.41. The van der Waals surface area contributed by atoms with Crippen molar-refractivity contribution in [2.45, 2.75) is 13.8 Å². The van der Waals surface area contributed by atoms with Gasteiger partial charge in [0.05, 0.1) is 16.4 Å². The van der Waals surface area contributed by atoms with E-state index in [2.05, 4.69) is 15.3 Å². The van der Waals surface area contributed by atoms with Gasteiger partial charge in [-0.25, -0.2) is 13.4 Å². The van der Waals surface area contributed by atoms with E-state index in [4.69, 9.17) is 0 Å². The summed E-state index contributed by atoms with van der Waals surface area (Å²) in [5.41, 5.74) is 0.0883. The summed E-state index contributed by atoms with van der Waals surface area (Å²) in [5, 5.41) is 14.2. The molecular formula is C11H17N5O4S. The molecule has 0 spiro atoms. The van der Waals surface area contributed by atoms with Crippen molar-refractivity contribution in [3.63, 3.8) is 0 Å². The van der Waals surface area contributed by atoms with E-state index in [1.165, 1.54) is 0 Å². The smallest absolute Gasteiger partial charge is 0.332 e. The number of nitrogens with zero attached hydrogens (tertiary/aromatic N) is 4. The number of rotatable bonds is 4. The van der Waals surface area contributed by atoms with Crippen LogP contribution in [0.1, 0.15) is 12.6 Å². The summed E-state index contributed by atoms with van der Waals surface area (Å²) in [5.74, 6) is 0.440. The third kappa shape index (κ3) is 3.38. The number of hydrogen-bond donors (Lipinski definition) is 1. The average molecular weight is 315 g/mol. The summed E-state index contributed by atoms with van der Waals surface area (Å²) in [6.45, 7) is 4.40. The summed E-state index contributed by atoms with van der Waals surface area (Å²) < 4.78 is 23.0. The van der Waals surface area contributed by atoms with E-state index in [1.54, 1.807) is 11.8 Å². The summed E-state index contributed by atoms with van der Waals surface area (Å²) in [6, 6.07) is 0. The van der Waals surface area contributed by atoms with Gasteiger partial charge in [0.2, 0.25) is 11.8 Å². The zero-order chi connectivity index (χ0) is 15.6. The molecule has 0 atom stereocenters. The fraction of sp³-hybridized carbons (Fsp3) is 0.636. The normalized spacial score (nSPS) is 17.5. The van der Waals surface area contributed by atoms with Crippen molar-refractivity contribution in [1.29, 1.82) is 0 Å². The number of aromatic nitrogens is 2. The lowest BCUT2D eigenvalue weighted by Gasteiger charge is -2.27. The van der Waals surface area contributed by atoms with Crippen molar-refractivity contribution in [2.75, 3.05) is 41.4 Å². The number of anilines is 2. The number of nitro groups is 1. The standard InChI is InChI=1S/C11H17N5O4S/c1-3-12-11-13-8(2)9(16(17)18)10(14-11)15-4-6-21(19,20)7-5-15/h3-7H2,1-2H3,(H,12,13,14). The molecule has 21 heavy (non-hydrogen) atoms. The molecule has 10 heteroatoms. The Labute approximate surface area is 122 Å². The van der Waals surface area contributed by atoms with E-state index in [0.29, 0.717) is 12.5 Å². The lowest BCUT2D eigenvalue weighted by atomic mass is 10.3. The monoisotopic (exact) mass is 315 g/mol. The second kappa shape index (κ2) is 5.80. The minimum atomic E-state index is -3.06.